The van der Waals surface area contributed by atoms with Crippen LogP contribution in [0, 0.1) is 11.7 Å². The van der Waals surface area contributed by atoms with Crippen molar-refractivity contribution in [1.29, 1.82) is 0 Å². The minimum Gasteiger partial charge on any atom is -0.465 e. The van der Waals surface area contributed by atoms with Crippen molar-refractivity contribution in [2.45, 2.75) is 31.3 Å². The van der Waals surface area contributed by atoms with Gasteiger partial charge < -0.3 is 21.1 Å². The first-order valence-corrected chi connectivity index (χ1v) is 10.3. The minimum absolute atomic E-state index is 0.0488. The van der Waals surface area contributed by atoms with Crippen LogP contribution in [0.4, 0.5) is 14.9 Å². The molecule has 8 heteroatoms. The molecule has 1 aromatic carbocycles. The number of carboxylic acid groups (broad SMARTS) is 1. The number of benzene rings is 1. The summed E-state index contributed by atoms with van der Waals surface area (Å²) in [5, 5.41) is 14.9. The van der Waals surface area contributed by atoms with E-state index in [2.05, 4.69) is 16.8 Å². The van der Waals surface area contributed by atoms with Crippen LogP contribution in [-0.4, -0.2) is 40.7 Å². The molecule has 2 unspecified atom stereocenters. The van der Waals surface area contributed by atoms with Gasteiger partial charge >= 0.3 is 6.09 Å². The fourth-order valence-corrected chi connectivity index (χ4v) is 4.98. The lowest BCUT2D eigenvalue weighted by molar-refractivity contribution is 0.0881. The summed E-state index contributed by atoms with van der Waals surface area (Å²) in [7, 11) is 0. The van der Waals surface area contributed by atoms with E-state index in [-0.39, 0.29) is 11.8 Å². The Bertz CT molecular complexity index is 902. The highest BCUT2D eigenvalue weighted by Gasteiger charge is 2.46. The van der Waals surface area contributed by atoms with E-state index in [1.807, 2.05) is 6.07 Å². The first kappa shape index (κ1) is 18.7. The summed E-state index contributed by atoms with van der Waals surface area (Å²) in [6, 6.07) is 8.96. The Morgan fingerprint density at radius 3 is 3.04 bits per heavy atom. The average molecular weight is 402 g/mol. The summed E-state index contributed by atoms with van der Waals surface area (Å²) in [4.78, 5) is 19.0. The molecule has 28 heavy (non-hydrogen) atoms. The molecule has 2 atom stereocenters. The highest BCUT2D eigenvalue weighted by molar-refractivity contribution is 7.09. The van der Waals surface area contributed by atoms with Crippen LogP contribution < -0.4 is 11.1 Å². The molecule has 1 aromatic heterocycles. The number of nitrogens with zero attached hydrogens (tertiary/aromatic N) is 2. The maximum atomic E-state index is 14.2. The molecule has 6 nitrogen and oxygen atoms in total. The molecule has 1 amide bonds. The van der Waals surface area contributed by atoms with E-state index in [0.29, 0.717) is 30.8 Å². The number of hydrogen-bond donors (Lipinski definition) is 3. The molecule has 3 heterocycles. The Morgan fingerprint density at radius 1 is 1.43 bits per heavy atom. The highest BCUT2D eigenvalue weighted by Crippen LogP contribution is 2.40. The number of anilines is 1. The van der Waals surface area contributed by atoms with Gasteiger partial charge in [-0.15, -0.1) is 11.3 Å². The van der Waals surface area contributed by atoms with Crippen LogP contribution in [0.5, 0.6) is 0 Å². The predicted molar refractivity (Wildman–Crippen MR) is 108 cm³/mol. The van der Waals surface area contributed by atoms with Crippen LogP contribution in [0.15, 0.2) is 40.7 Å². The van der Waals surface area contributed by atoms with Crippen LogP contribution in [-0.2, 0) is 6.42 Å². The lowest BCUT2D eigenvalue weighted by Crippen LogP contribution is -2.58. The van der Waals surface area contributed by atoms with E-state index in [1.54, 1.807) is 23.5 Å². The summed E-state index contributed by atoms with van der Waals surface area (Å²) in [5.41, 5.74) is 6.38. The molecule has 0 saturated carbocycles. The summed E-state index contributed by atoms with van der Waals surface area (Å²) >= 11 is 1.73. The van der Waals surface area contributed by atoms with Gasteiger partial charge in [0.2, 0.25) is 0 Å². The van der Waals surface area contributed by atoms with Crippen molar-refractivity contribution in [3.63, 3.8) is 0 Å². The van der Waals surface area contributed by atoms with Crippen molar-refractivity contribution in [3.05, 3.63) is 52.0 Å². The van der Waals surface area contributed by atoms with Gasteiger partial charge in [-0.3, -0.25) is 0 Å². The zero-order valence-corrected chi connectivity index (χ0v) is 16.2. The molecule has 2 aliphatic rings. The van der Waals surface area contributed by atoms with Gasteiger partial charge in [-0.25, -0.2) is 14.2 Å². The molecule has 4 N–H and O–H groups in total. The number of rotatable bonds is 4. The monoisotopic (exact) mass is 402 g/mol. The zero-order chi connectivity index (χ0) is 19.7. The second kappa shape index (κ2) is 7.43. The maximum absolute atomic E-state index is 14.2. The van der Waals surface area contributed by atoms with Gasteiger partial charge in [0, 0.05) is 36.0 Å². The molecular formula is C20H23FN4O2S. The molecule has 1 fully saturated rings. The summed E-state index contributed by atoms with van der Waals surface area (Å²) in [5.74, 6) is -0.274. The molecular weight excluding hydrogens is 379 g/mol. The second-order valence-electron chi connectivity index (χ2n) is 7.36. The Morgan fingerprint density at radius 2 is 2.29 bits per heavy atom. The molecule has 2 aliphatic heterocycles. The number of fused-ring (bicyclic) bond motifs is 1. The van der Waals surface area contributed by atoms with Gasteiger partial charge in [0.15, 0.2) is 0 Å². The Kier molecular flexibility index (Phi) is 4.97. The summed E-state index contributed by atoms with van der Waals surface area (Å²) in [6.45, 7) is 0.749. The van der Waals surface area contributed by atoms with Gasteiger partial charge in [-0.05, 0) is 42.8 Å². The van der Waals surface area contributed by atoms with Gasteiger partial charge in [0.25, 0.3) is 0 Å². The van der Waals surface area contributed by atoms with Gasteiger partial charge in [-0.2, -0.15) is 0 Å². The fourth-order valence-electron chi connectivity index (χ4n) is 4.23. The van der Waals surface area contributed by atoms with Crippen LogP contribution in [0.1, 0.15) is 29.7 Å². The van der Waals surface area contributed by atoms with Crippen molar-refractivity contribution >= 4 is 29.0 Å². The number of hydrogen-bond acceptors (Lipinski definition) is 5. The molecule has 0 bridgehead atoms. The molecule has 4 rings (SSSR count). The topological polar surface area (TPSA) is 91.0 Å². The Labute approximate surface area is 166 Å². The first-order chi connectivity index (χ1) is 13.5. The zero-order valence-electron chi connectivity index (χ0n) is 15.4. The lowest BCUT2D eigenvalue weighted by Gasteiger charge is -2.47. The van der Waals surface area contributed by atoms with Crippen molar-refractivity contribution in [2.24, 2.45) is 16.6 Å². The molecule has 1 spiro atoms. The third-order valence-corrected chi connectivity index (χ3v) is 6.58. The van der Waals surface area contributed by atoms with Gasteiger partial charge in [-0.1, -0.05) is 12.1 Å². The number of nitrogens with two attached hydrogens (primary N) is 1. The quantitative estimate of drug-likeness (QED) is 0.727. The first-order valence-electron chi connectivity index (χ1n) is 9.41. The number of halogens is 1. The standard InChI is InChI=1S/C20H23FN4O2S/c21-15-7-2-8-16-17(15)18(22)24-20(23-16)9-10-25(19(26)27)12-13(20)4-1-5-14-6-3-11-28-14/h2-3,6-8,11,13,23H,1,4-5,9-10,12H2,(H2,22,24)(H,26,27). The third kappa shape index (κ3) is 3.44. The SMILES string of the molecule is NC1=NC2(CCN(C(=O)O)CC2CCCc2cccs2)Nc2cccc(F)c21. The number of piperidine rings is 1. The molecule has 148 valence electrons. The number of nitrogens with one attached hydrogen (secondary N) is 1. The van der Waals surface area contributed by atoms with Crippen molar-refractivity contribution in [2.75, 3.05) is 18.4 Å². The predicted octanol–water partition coefficient (Wildman–Crippen LogP) is 3.74. The smallest absolute Gasteiger partial charge is 0.407 e. The number of likely N-dealkylation sites (tertiary alicyclic amines) is 1. The normalized spacial score (nSPS) is 23.8. The van der Waals surface area contributed by atoms with E-state index in [9.17, 15) is 14.3 Å². The largest absolute Gasteiger partial charge is 0.465 e. The summed E-state index contributed by atoms with van der Waals surface area (Å²) < 4.78 is 14.2. The van der Waals surface area contributed by atoms with Crippen LogP contribution in [0.3, 0.4) is 0 Å². The minimum atomic E-state index is -0.919. The number of aliphatic imine (C=N–C) groups is 1. The Balaban J connectivity index is 1.60. The maximum Gasteiger partial charge on any atom is 0.407 e. The van der Waals surface area contributed by atoms with E-state index >= 15 is 0 Å². The fraction of sp³-hybridized carbons (Fsp3) is 0.400. The molecule has 0 radical (unpaired) electrons. The average Bonchev–Trinajstić information content (AvgIpc) is 3.16. The van der Waals surface area contributed by atoms with Crippen LogP contribution >= 0.6 is 11.3 Å². The number of amides is 1. The molecule has 1 saturated heterocycles. The number of carbonyl (C=O) groups is 1. The van der Waals surface area contributed by atoms with E-state index in [1.165, 1.54) is 15.8 Å². The van der Waals surface area contributed by atoms with E-state index in [4.69, 9.17) is 10.7 Å². The van der Waals surface area contributed by atoms with E-state index in [0.717, 1.165) is 19.3 Å². The second-order valence-corrected chi connectivity index (χ2v) is 8.39. The number of aryl methyl sites for hydroxylation is 1. The van der Waals surface area contributed by atoms with Crippen molar-refractivity contribution in [3.8, 4) is 0 Å². The van der Waals surface area contributed by atoms with E-state index < -0.39 is 17.6 Å². The Hall–Kier alpha value is -2.61. The van der Waals surface area contributed by atoms with Crippen LogP contribution in [0.25, 0.3) is 0 Å². The van der Waals surface area contributed by atoms with Gasteiger partial charge in [0.05, 0.1) is 5.56 Å². The van der Waals surface area contributed by atoms with Crippen molar-refractivity contribution in [1.82, 2.24) is 4.90 Å². The van der Waals surface area contributed by atoms with Crippen LogP contribution in [0.2, 0.25) is 0 Å². The third-order valence-electron chi connectivity index (χ3n) is 5.65. The lowest BCUT2D eigenvalue weighted by atomic mass is 9.80. The van der Waals surface area contributed by atoms with Gasteiger partial charge in [0.1, 0.15) is 17.3 Å². The van der Waals surface area contributed by atoms with Crippen molar-refractivity contribution < 1.29 is 14.3 Å². The number of thiophene rings is 1. The molecule has 2 aromatic rings. The summed E-state index contributed by atoms with van der Waals surface area (Å²) in [6.07, 6.45) is 2.25. The molecule has 0 aliphatic carbocycles. The number of amidine groups is 1. The highest BCUT2D eigenvalue weighted by atomic mass is 32.1.